The van der Waals surface area contributed by atoms with Crippen LogP contribution in [0, 0.1) is 0 Å². The highest BCUT2D eigenvalue weighted by molar-refractivity contribution is 7.92. The van der Waals surface area contributed by atoms with E-state index in [1.54, 1.807) is 30.3 Å². The van der Waals surface area contributed by atoms with Crippen LogP contribution in [0.4, 0.5) is 11.4 Å². The Kier molecular flexibility index (Phi) is 5.14. The Morgan fingerprint density at radius 3 is 2.44 bits per heavy atom. The third-order valence-electron chi connectivity index (χ3n) is 4.03. The number of hydrogen-bond acceptors (Lipinski definition) is 4. The van der Waals surface area contributed by atoms with Crippen molar-refractivity contribution in [2.75, 3.05) is 17.6 Å². The van der Waals surface area contributed by atoms with Crippen LogP contribution in [0.2, 0.25) is 0 Å². The van der Waals surface area contributed by atoms with E-state index in [9.17, 15) is 8.42 Å². The van der Waals surface area contributed by atoms with Gasteiger partial charge in [0.2, 0.25) is 5.71 Å². The summed E-state index contributed by atoms with van der Waals surface area (Å²) in [4.78, 5) is 0.0974. The maximum atomic E-state index is 12.7. The molecule has 138 valence electrons. The molecule has 0 aliphatic heterocycles. The number of nitrogens with one attached hydrogen (secondary N) is 1. The minimum Gasteiger partial charge on any atom is -0.497 e. The van der Waals surface area contributed by atoms with Gasteiger partial charge in [-0.15, -0.1) is 0 Å². The van der Waals surface area contributed by atoms with Gasteiger partial charge < -0.3 is 10.5 Å². The predicted molar refractivity (Wildman–Crippen MR) is 106 cm³/mol. The van der Waals surface area contributed by atoms with E-state index in [1.807, 2.05) is 30.3 Å². The summed E-state index contributed by atoms with van der Waals surface area (Å²) in [7, 11) is -2.31. The molecule has 0 atom stereocenters. The topological polar surface area (TPSA) is 107 Å². The highest BCUT2D eigenvalue weighted by atomic mass is 32.2. The molecule has 0 saturated carbocycles. The lowest BCUT2D eigenvalue weighted by Crippen LogP contribution is -2.41. The first-order valence-electron chi connectivity index (χ1n) is 8.15. The second-order valence-corrected chi connectivity index (χ2v) is 7.55. The van der Waals surface area contributed by atoms with E-state index >= 15 is 0 Å². The highest BCUT2D eigenvalue weighted by Gasteiger charge is 2.18. The molecule has 6 nitrogen and oxygen atoms in total. The number of benzene rings is 3. The minimum atomic E-state index is -3.79. The van der Waals surface area contributed by atoms with Crippen molar-refractivity contribution in [3.63, 3.8) is 0 Å². The van der Waals surface area contributed by atoms with Crippen LogP contribution >= 0.6 is 0 Å². The van der Waals surface area contributed by atoms with Gasteiger partial charge in [-0.25, -0.2) is 8.42 Å². The summed E-state index contributed by atoms with van der Waals surface area (Å²) < 4.78 is 33.0. The van der Waals surface area contributed by atoms with Crippen molar-refractivity contribution in [3.05, 3.63) is 83.9 Å². The fraction of sp³-hybridized carbons (Fsp3) is 0.0500. The molecule has 0 heterocycles. The minimum absolute atomic E-state index is 0.0974. The second kappa shape index (κ2) is 7.51. The zero-order valence-corrected chi connectivity index (χ0v) is 15.5. The van der Waals surface area contributed by atoms with Crippen molar-refractivity contribution in [1.29, 1.82) is 0 Å². The molecular weight excluding hydrogens is 362 g/mol. The molecule has 0 amide bonds. The lowest BCUT2D eigenvalue weighted by atomic mass is 10.0. The maximum absolute atomic E-state index is 12.7. The molecule has 3 rings (SSSR count). The van der Waals surface area contributed by atoms with Gasteiger partial charge in [-0.3, -0.25) is 10.1 Å². The van der Waals surface area contributed by atoms with Crippen LogP contribution in [0.1, 0.15) is 11.1 Å². The largest absolute Gasteiger partial charge is 0.497 e. The van der Waals surface area contributed by atoms with Gasteiger partial charge in [0.15, 0.2) is 0 Å². The van der Waals surface area contributed by atoms with Crippen LogP contribution in [0.3, 0.4) is 0 Å². The Morgan fingerprint density at radius 1 is 1.00 bits per heavy atom. The number of methoxy groups -OCH3 is 1. The van der Waals surface area contributed by atoms with Gasteiger partial charge in [-0.05, 0) is 42.5 Å². The van der Waals surface area contributed by atoms with Crippen molar-refractivity contribution in [1.82, 2.24) is 0 Å². The normalized spacial score (nSPS) is 11.0. The molecule has 27 heavy (non-hydrogen) atoms. The molecule has 0 unspecified atom stereocenters. The first-order valence-corrected chi connectivity index (χ1v) is 9.63. The number of hydrogen-bond donors (Lipinski definition) is 3. The van der Waals surface area contributed by atoms with Crippen LogP contribution < -0.4 is 20.6 Å². The third-order valence-corrected chi connectivity index (χ3v) is 5.41. The fourth-order valence-electron chi connectivity index (χ4n) is 2.61. The Balaban J connectivity index is 1.93. The molecular formula is C20H20N3O3S+. The van der Waals surface area contributed by atoms with Crippen LogP contribution in [0.15, 0.2) is 77.7 Å². The van der Waals surface area contributed by atoms with E-state index in [2.05, 4.69) is 4.72 Å². The summed E-state index contributed by atoms with van der Waals surface area (Å²) in [6.45, 7) is 0. The number of anilines is 2. The number of nitrogens with two attached hydrogens (primary N) is 2. The molecule has 0 saturated heterocycles. The van der Waals surface area contributed by atoms with Crippen LogP contribution in [0.25, 0.3) is 0 Å². The highest BCUT2D eigenvalue weighted by Crippen LogP contribution is 2.24. The van der Waals surface area contributed by atoms with Gasteiger partial charge in [0, 0.05) is 23.0 Å². The van der Waals surface area contributed by atoms with E-state index in [1.165, 1.54) is 19.2 Å². The summed E-state index contributed by atoms with van der Waals surface area (Å²) in [6.07, 6.45) is 0. The molecule has 7 heteroatoms. The van der Waals surface area contributed by atoms with E-state index in [-0.39, 0.29) is 4.90 Å². The van der Waals surface area contributed by atoms with Crippen molar-refractivity contribution in [2.24, 2.45) is 0 Å². The van der Waals surface area contributed by atoms with E-state index in [0.29, 0.717) is 28.4 Å². The van der Waals surface area contributed by atoms with Gasteiger partial charge >= 0.3 is 0 Å². The lowest BCUT2D eigenvalue weighted by Gasteiger charge is -2.11. The van der Waals surface area contributed by atoms with E-state index in [4.69, 9.17) is 15.9 Å². The Bertz CT molecular complexity index is 1080. The summed E-state index contributed by atoms with van der Waals surface area (Å²) in [5.41, 5.74) is 8.70. The molecule has 0 radical (unpaired) electrons. The van der Waals surface area contributed by atoms with Crippen molar-refractivity contribution < 1.29 is 18.6 Å². The molecule has 0 aromatic heterocycles. The monoisotopic (exact) mass is 382 g/mol. The van der Waals surface area contributed by atoms with Crippen molar-refractivity contribution in [2.45, 2.75) is 4.90 Å². The number of ether oxygens (including phenoxy) is 1. The summed E-state index contributed by atoms with van der Waals surface area (Å²) in [5, 5.41) is 6.24. The van der Waals surface area contributed by atoms with Crippen LogP contribution in [-0.2, 0) is 10.0 Å². The summed E-state index contributed by atoms with van der Waals surface area (Å²) >= 11 is 0. The molecule has 0 aliphatic carbocycles. The van der Waals surface area contributed by atoms with Gasteiger partial charge in [-0.1, -0.05) is 24.3 Å². The zero-order chi connectivity index (χ0) is 19.4. The summed E-state index contributed by atoms with van der Waals surface area (Å²) in [6, 6.07) is 20.4. The Morgan fingerprint density at radius 2 is 1.74 bits per heavy atom. The number of rotatable bonds is 6. The maximum Gasteiger partial charge on any atom is 0.262 e. The number of nitrogen functional groups attached to an aromatic ring is 1. The Labute approximate surface area is 158 Å². The molecule has 3 aromatic carbocycles. The first-order chi connectivity index (χ1) is 12.9. The average molecular weight is 382 g/mol. The summed E-state index contributed by atoms with van der Waals surface area (Å²) in [5.74, 6) is 0.456. The van der Waals surface area contributed by atoms with Crippen molar-refractivity contribution in [3.8, 4) is 5.75 Å². The van der Waals surface area contributed by atoms with Gasteiger partial charge in [0.25, 0.3) is 10.0 Å². The number of sulfonamides is 1. The van der Waals surface area contributed by atoms with Gasteiger partial charge in [0.1, 0.15) is 5.75 Å². The molecule has 0 spiro atoms. The first kappa shape index (κ1) is 18.5. The van der Waals surface area contributed by atoms with Gasteiger partial charge in [0.05, 0.1) is 17.6 Å². The average Bonchev–Trinajstić information content (AvgIpc) is 2.69. The second-order valence-electron chi connectivity index (χ2n) is 5.87. The SMILES string of the molecule is COc1cccc(S(=O)(=O)Nc2ccc(N)c(C(=[NH2+])c3ccccc3)c2)c1. The van der Waals surface area contributed by atoms with Crippen LogP contribution in [-0.4, -0.2) is 21.2 Å². The standard InChI is InChI=1S/C20H19N3O3S/c1-26-16-8-5-9-17(13-16)27(24,25)23-15-10-11-19(21)18(12-15)20(22)14-6-3-2-4-7-14/h2-13,22-23H,21H2,1H3/p+1. The third kappa shape index (κ3) is 4.09. The van der Waals surface area contributed by atoms with E-state index < -0.39 is 10.0 Å². The van der Waals surface area contributed by atoms with Crippen molar-refractivity contribution >= 4 is 27.1 Å². The zero-order valence-electron chi connectivity index (χ0n) is 14.7. The molecule has 5 N–H and O–H groups in total. The molecule has 0 fully saturated rings. The predicted octanol–water partition coefficient (Wildman–Crippen LogP) is 1.67. The smallest absolute Gasteiger partial charge is 0.262 e. The van der Waals surface area contributed by atoms with Gasteiger partial charge in [-0.2, -0.15) is 0 Å². The van der Waals surface area contributed by atoms with E-state index in [0.717, 1.165) is 5.56 Å². The molecule has 0 bridgehead atoms. The fourth-order valence-corrected chi connectivity index (χ4v) is 3.69. The van der Waals surface area contributed by atoms with Crippen LogP contribution in [0.5, 0.6) is 5.75 Å². The molecule has 3 aromatic rings. The quantitative estimate of drug-likeness (QED) is 0.445. The molecule has 0 aliphatic rings. The lowest BCUT2D eigenvalue weighted by molar-refractivity contribution is -0.111. The Hall–Kier alpha value is -3.32.